The Morgan fingerprint density at radius 3 is 2.06 bits per heavy atom. The zero-order chi connectivity index (χ0) is 12.9. The Bertz CT molecular complexity index is 394. The SMILES string of the molecule is CCCCC(C(=O)O)(C(=O)O)c1ccccc1.[H-].[K+]. The summed E-state index contributed by atoms with van der Waals surface area (Å²) in [6, 6.07) is 8.15. The summed E-state index contributed by atoms with van der Waals surface area (Å²) in [7, 11) is 0. The summed E-state index contributed by atoms with van der Waals surface area (Å²) in [4.78, 5) is 22.8. The van der Waals surface area contributed by atoms with Crippen molar-refractivity contribution < 1.29 is 72.6 Å². The van der Waals surface area contributed by atoms with E-state index in [0.29, 0.717) is 12.0 Å². The van der Waals surface area contributed by atoms with Crippen molar-refractivity contribution in [2.75, 3.05) is 0 Å². The normalized spacial score (nSPS) is 10.5. The molecule has 0 aliphatic carbocycles. The first-order valence-electron chi connectivity index (χ1n) is 5.58. The van der Waals surface area contributed by atoms with Gasteiger partial charge >= 0.3 is 63.3 Å². The molecule has 1 aromatic carbocycles. The third-order valence-electron chi connectivity index (χ3n) is 2.90. The summed E-state index contributed by atoms with van der Waals surface area (Å²) in [5, 5.41) is 18.6. The predicted octanol–water partition coefficient (Wildman–Crippen LogP) is -0.600. The average Bonchev–Trinajstić information content (AvgIpc) is 2.30. The maximum atomic E-state index is 11.4. The van der Waals surface area contributed by atoms with Crippen LogP contribution in [0.5, 0.6) is 0 Å². The van der Waals surface area contributed by atoms with Gasteiger partial charge in [0, 0.05) is 0 Å². The van der Waals surface area contributed by atoms with Gasteiger partial charge in [-0.05, 0) is 12.0 Å². The van der Waals surface area contributed by atoms with Crippen LogP contribution in [-0.4, -0.2) is 22.2 Å². The van der Waals surface area contributed by atoms with Crippen molar-refractivity contribution in [3.05, 3.63) is 35.9 Å². The van der Waals surface area contributed by atoms with Gasteiger partial charge in [0.15, 0.2) is 5.41 Å². The molecule has 5 heteroatoms. The first-order chi connectivity index (χ1) is 8.05. The third kappa shape index (κ3) is 3.65. The Balaban J connectivity index is 0. The van der Waals surface area contributed by atoms with E-state index in [-0.39, 0.29) is 59.2 Å². The molecule has 0 amide bonds. The molecule has 0 atom stereocenters. The van der Waals surface area contributed by atoms with Gasteiger partial charge in [-0.2, -0.15) is 0 Å². The summed E-state index contributed by atoms with van der Waals surface area (Å²) < 4.78 is 0. The summed E-state index contributed by atoms with van der Waals surface area (Å²) in [6.07, 6.45) is 1.43. The Kier molecular flexibility index (Phi) is 7.97. The number of carboxylic acids is 2. The molecule has 0 saturated carbocycles. The van der Waals surface area contributed by atoms with E-state index in [4.69, 9.17) is 0 Å². The molecule has 0 saturated heterocycles. The molecule has 0 unspecified atom stereocenters. The second-order valence-electron chi connectivity index (χ2n) is 3.99. The van der Waals surface area contributed by atoms with Crippen LogP contribution in [0.15, 0.2) is 30.3 Å². The summed E-state index contributed by atoms with van der Waals surface area (Å²) >= 11 is 0. The number of carbonyl (C=O) groups is 2. The smallest absolute Gasteiger partial charge is 1.00 e. The van der Waals surface area contributed by atoms with Crippen molar-refractivity contribution in [3.8, 4) is 0 Å². The summed E-state index contributed by atoms with van der Waals surface area (Å²) in [5.74, 6) is -2.60. The summed E-state index contributed by atoms with van der Waals surface area (Å²) in [5.41, 5.74) is -1.49. The molecular formula is C13H17KO4. The van der Waals surface area contributed by atoms with E-state index in [0.717, 1.165) is 6.42 Å². The fourth-order valence-electron chi connectivity index (χ4n) is 1.86. The van der Waals surface area contributed by atoms with E-state index < -0.39 is 17.4 Å². The Hall–Kier alpha value is -0.204. The first-order valence-corrected chi connectivity index (χ1v) is 5.58. The maximum absolute atomic E-state index is 11.4. The van der Waals surface area contributed by atoms with E-state index in [2.05, 4.69) is 0 Å². The van der Waals surface area contributed by atoms with Crippen LogP contribution in [0, 0.1) is 0 Å². The molecule has 0 heterocycles. The molecule has 0 aromatic heterocycles. The maximum Gasteiger partial charge on any atom is 1.00 e. The molecule has 1 rings (SSSR count). The molecule has 0 aliphatic heterocycles. The van der Waals surface area contributed by atoms with Crippen LogP contribution in [0.4, 0.5) is 0 Å². The van der Waals surface area contributed by atoms with Crippen LogP contribution in [0.1, 0.15) is 33.2 Å². The van der Waals surface area contributed by atoms with E-state index >= 15 is 0 Å². The Morgan fingerprint density at radius 2 is 1.67 bits per heavy atom. The van der Waals surface area contributed by atoms with Crippen LogP contribution >= 0.6 is 0 Å². The summed E-state index contributed by atoms with van der Waals surface area (Å²) in [6.45, 7) is 1.90. The molecule has 0 bridgehead atoms. The number of aliphatic carboxylic acids is 2. The van der Waals surface area contributed by atoms with E-state index in [1.165, 1.54) is 0 Å². The van der Waals surface area contributed by atoms with Gasteiger partial charge in [0.25, 0.3) is 0 Å². The predicted molar refractivity (Wildman–Crippen MR) is 64.0 cm³/mol. The zero-order valence-corrected chi connectivity index (χ0v) is 13.8. The zero-order valence-electron chi connectivity index (χ0n) is 11.7. The largest absolute Gasteiger partial charge is 1.00 e. The average molecular weight is 276 g/mol. The Labute approximate surface area is 150 Å². The monoisotopic (exact) mass is 276 g/mol. The molecule has 94 valence electrons. The van der Waals surface area contributed by atoms with Gasteiger partial charge in [0.1, 0.15) is 0 Å². The minimum atomic E-state index is -1.82. The van der Waals surface area contributed by atoms with Crippen molar-refractivity contribution in [2.24, 2.45) is 0 Å². The molecule has 0 fully saturated rings. The minimum Gasteiger partial charge on any atom is -1.00 e. The van der Waals surface area contributed by atoms with Gasteiger partial charge in [-0.3, -0.25) is 9.59 Å². The molecule has 1 aromatic rings. The Morgan fingerprint density at radius 1 is 1.17 bits per heavy atom. The second kappa shape index (κ2) is 8.06. The first kappa shape index (κ1) is 17.8. The molecule has 0 spiro atoms. The van der Waals surface area contributed by atoms with Crippen molar-refractivity contribution in [1.29, 1.82) is 0 Å². The second-order valence-corrected chi connectivity index (χ2v) is 3.99. The van der Waals surface area contributed by atoms with Gasteiger partial charge in [0.2, 0.25) is 0 Å². The number of rotatable bonds is 6. The molecule has 0 radical (unpaired) electrons. The van der Waals surface area contributed by atoms with Crippen molar-refractivity contribution in [1.82, 2.24) is 0 Å². The number of carboxylic acid groups (broad SMARTS) is 2. The molecule has 18 heavy (non-hydrogen) atoms. The fraction of sp³-hybridized carbons (Fsp3) is 0.385. The van der Waals surface area contributed by atoms with Crippen LogP contribution < -0.4 is 51.4 Å². The quantitative estimate of drug-likeness (QED) is 0.537. The number of hydrogen-bond acceptors (Lipinski definition) is 2. The number of hydrogen-bond donors (Lipinski definition) is 2. The van der Waals surface area contributed by atoms with Crippen LogP contribution in [0.2, 0.25) is 0 Å². The fourth-order valence-corrected chi connectivity index (χ4v) is 1.86. The standard InChI is InChI=1S/C13H16O4.K.H/c1-2-3-9-13(11(14)15,12(16)17)10-7-5-4-6-8-10;;/h4-8H,2-3,9H2,1H3,(H,14,15)(H,16,17);;/q;+1;-1. The number of unbranched alkanes of at least 4 members (excludes halogenated alkanes) is 1. The van der Waals surface area contributed by atoms with Gasteiger partial charge < -0.3 is 11.6 Å². The van der Waals surface area contributed by atoms with E-state index in [1.807, 2.05) is 6.92 Å². The molecule has 4 nitrogen and oxygen atoms in total. The topological polar surface area (TPSA) is 74.6 Å². The van der Waals surface area contributed by atoms with Crippen molar-refractivity contribution >= 4 is 11.9 Å². The molecule has 0 aliphatic rings. The number of benzene rings is 1. The van der Waals surface area contributed by atoms with E-state index in [1.54, 1.807) is 30.3 Å². The van der Waals surface area contributed by atoms with Crippen molar-refractivity contribution in [3.63, 3.8) is 0 Å². The molecular weight excluding hydrogens is 259 g/mol. The van der Waals surface area contributed by atoms with E-state index in [9.17, 15) is 19.8 Å². The van der Waals surface area contributed by atoms with Crippen LogP contribution in [-0.2, 0) is 15.0 Å². The van der Waals surface area contributed by atoms with Crippen LogP contribution in [0.25, 0.3) is 0 Å². The molecule has 2 N–H and O–H groups in total. The van der Waals surface area contributed by atoms with Gasteiger partial charge in [0.05, 0.1) is 0 Å². The third-order valence-corrected chi connectivity index (χ3v) is 2.90. The minimum absolute atomic E-state index is 0. The van der Waals surface area contributed by atoms with Gasteiger partial charge in [-0.25, -0.2) is 0 Å². The van der Waals surface area contributed by atoms with Crippen molar-refractivity contribution in [2.45, 2.75) is 31.6 Å². The van der Waals surface area contributed by atoms with Gasteiger partial charge in [-0.1, -0.05) is 50.1 Å². The van der Waals surface area contributed by atoms with Gasteiger partial charge in [-0.15, -0.1) is 0 Å². The van der Waals surface area contributed by atoms with Crippen LogP contribution in [0.3, 0.4) is 0 Å².